The Morgan fingerprint density at radius 1 is 1.39 bits per heavy atom. The van der Waals surface area contributed by atoms with Gasteiger partial charge < -0.3 is 11.1 Å². The van der Waals surface area contributed by atoms with Crippen LogP contribution in [0.3, 0.4) is 0 Å². The summed E-state index contributed by atoms with van der Waals surface area (Å²) < 4.78 is 0. The molecule has 3 N–H and O–H groups in total. The Morgan fingerprint density at radius 3 is 2.83 bits per heavy atom. The van der Waals surface area contributed by atoms with Crippen molar-refractivity contribution in [2.75, 3.05) is 6.54 Å². The van der Waals surface area contributed by atoms with E-state index in [1.807, 2.05) is 0 Å². The van der Waals surface area contributed by atoms with Crippen LogP contribution >= 0.6 is 12.4 Å². The zero-order valence-corrected chi connectivity index (χ0v) is 11.1. The largest absolute Gasteiger partial charge is 0.354 e. The van der Waals surface area contributed by atoms with Gasteiger partial charge in [-0.3, -0.25) is 4.79 Å². The van der Waals surface area contributed by atoms with Crippen LogP contribution in [0, 0.1) is 0 Å². The smallest absolute Gasteiger partial charge is 0.240 e. The molecule has 4 heteroatoms. The van der Waals surface area contributed by atoms with Gasteiger partial charge >= 0.3 is 0 Å². The molecule has 0 spiro atoms. The Kier molecular flexibility index (Phi) is 3.64. The maximum absolute atomic E-state index is 11.8. The molecule has 1 unspecified atom stereocenters. The third-order valence-corrected chi connectivity index (χ3v) is 4.01. The second-order valence-electron chi connectivity index (χ2n) is 5.30. The number of hydrogen-bond acceptors (Lipinski definition) is 2. The number of nitrogens with two attached hydrogens (primary N) is 1. The number of aryl methyl sites for hydroxylation is 1. The number of nitrogens with one attached hydrogen (secondary N) is 1. The highest BCUT2D eigenvalue weighted by Crippen LogP contribution is 2.34. The van der Waals surface area contributed by atoms with Crippen molar-refractivity contribution in [3.63, 3.8) is 0 Å². The minimum atomic E-state index is -0.544. The predicted molar refractivity (Wildman–Crippen MR) is 73.9 cm³/mol. The molecule has 0 aromatic heterocycles. The average Bonchev–Trinajstić information content (AvgIpc) is 2.97. The first-order chi connectivity index (χ1) is 8.19. The summed E-state index contributed by atoms with van der Waals surface area (Å²) in [5, 5.41) is 3.00. The molecule has 1 fully saturated rings. The summed E-state index contributed by atoms with van der Waals surface area (Å²) in [5.41, 5.74) is 8.14. The third-order valence-electron chi connectivity index (χ3n) is 4.01. The average molecular weight is 267 g/mol. The summed E-state index contributed by atoms with van der Waals surface area (Å²) in [7, 11) is 0. The van der Waals surface area contributed by atoms with Crippen LogP contribution in [0.15, 0.2) is 24.3 Å². The molecule has 18 heavy (non-hydrogen) atoms. The third kappa shape index (κ3) is 2.38. The lowest BCUT2D eigenvalue weighted by atomic mass is 10.0. The van der Waals surface area contributed by atoms with E-state index in [1.165, 1.54) is 11.1 Å². The number of benzene rings is 1. The first-order valence-corrected chi connectivity index (χ1v) is 6.34. The van der Waals surface area contributed by atoms with Crippen LogP contribution in [0.25, 0.3) is 0 Å². The highest BCUT2D eigenvalue weighted by Gasteiger charge is 2.45. The molecule has 1 atom stereocenters. The molecule has 2 aliphatic carbocycles. The van der Waals surface area contributed by atoms with E-state index < -0.39 is 5.54 Å². The molecule has 3 nitrogen and oxygen atoms in total. The van der Waals surface area contributed by atoms with Gasteiger partial charge in [-0.05, 0) is 36.8 Å². The fourth-order valence-corrected chi connectivity index (χ4v) is 2.61. The van der Waals surface area contributed by atoms with E-state index in [0.29, 0.717) is 5.92 Å². The van der Waals surface area contributed by atoms with Crippen LogP contribution in [0.2, 0.25) is 0 Å². The van der Waals surface area contributed by atoms with Crippen LogP contribution in [0.1, 0.15) is 36.3 Å². The van der Waals surface area contributed by atoms with Crippen LogP contribution in [0.5, 0.6) is 0 Å². The number of carbonyl (C=O) groups is 1. The minimum Gasteiger partial charge on any atom is -0.354 e. The predicted octanol–water partition coefficient (Wildman–Crippen LogP) is 1.75. The molecule has 2 aliphatic rings. The number of carbonyl (C=O) groups excluding carboxylic acids is 1. The molecule has 0 saturated heterocycles. The summed E-state index contributed by atoms with van der Waals surface area (Å²) in [4.78, 5) is 11.8. The Balaban J connectivity index is 0.00000120. The Labute approximate surface area is 114 Å². The molecule has 98 valence electrons. The normalized spacial score (nSPS) is 22.8. The number of hydrogen-bond donors (Lipinski definition) is 2. The molecular weight excluding hydrogens is 248 g/mol. The Hall–Kier alpha value is -1.06. The molecule has 1 aromatic carbocycles. The van der Waals surface area contributed by atoms with Crippen molar-refractivity contribution in [1.82, 2.24) is 5.32 Å². The minimum absolute atomic E-state index is 0. The maximum Gasteiger partial charge on any atom is 0.240 e. The molecular formula is C14H19ClN2O. The Bertz CT molecular complexity index is 457. The van der Waals surface area contributed by atoms with E-state index in [4.69, 9.17) is 5.73 Å². The van der Waals surface area contributed by atoms with Gasteiger partial charge in [0.25, 0.3) is 0 Å². The lowest BCUT2D eigenvalue weighted by Gasteiger charge is -2.15. The van der Waals surface area contributed by atoms with Crippen LogP contribution in [-0.4, -0.2) is 18.0 Å². The monoisotopic (exact) mass is 266 g/mol. The molecule has 0 aliphatic heterocycles. The van der Waals surface area contributed by atoms with Gasteiger partial charge in [-0.2, -0.15) is 0 Å². The number of rotatable bonds is 3. The molecule has 0 heterocycles. The molecule has 1 saturated carbocycles. The lowest BCUT2D eigenvalue weighted by molar-refractivity contribution is -0.123. The molecule has 3 rings (SSSR count). The van der Waals surface area contributed by atoms with Crippen LogP contribution in [0.4, 0.5) is 0 Å². The standard InChI is InChI=1S/C14H18N2O.ClH/c15-14(7-8-14)13(17)16-9-11-6-5-10-3-1-2-4-12(10)11;/h1-4,11H,5-9,15H2,(H,16,17);1H. The first kappa shape index (κ1) is 13.4. The zero-order valence-electron chi connectivity index (χ0n) is 10.3. The Morgan fingerprint density at radius 2 is 2.11 bits per heavy atom. The van der Waals surface area contributed by atoms with Crippen molar-refractivity contribution in [1.29, 1.82) is 0 Å². The highest BCUT2D eigenvalue weighted by molar-refractivity contribution is 5.89. The van der Waals surface area contributed by atoms with E-state index >= 15 is 0 Å². The summed E-state index contributed by atoms with van der Waals surface area (Å²) >= 11 is 0. The molecule has 0 bridgehead atoms. The number of amides is 1. The summed E-state index contributed by atoms with van der Waals surface area (Å²) in [5.74, 6) is 0.499. The van der Waals surface area contributed by atoms with Crippen molar-refractivity contribution in [2.45, 2.75) is 37.1 Å². The van der Waals surface area contributed by atoms with Gasteiger partial charge in [-0.15, -0.1) is 12.4 Å². The quantitative estimate of drug-likeness (QED) is 0.876. The van der Waals surface area contributed by atoms with Gasteiger partial charge in [-0.1, -0.05) is 24.3 Å². The lowest BCUT2D eigenvalue weighted by Crippen LogP contribution is -2.43. The van der Waals surface area contributed by atoms with Gasteiger partial charge in [0.15, 0.2) is 0 Å². The van der Waals surface area contributed by atoms with Crippen molar-refractivity contribution in [2.24, 2.45) is 5.73 Å². The molecule has 1 aromatic rings. The zero-order chi connectivity index (χ0) is 11.9. The SMILES string of the molecule is Cl.NC1(C(=O)NCC2CCc3ccccc32)CC1. The highest BCUT2D eigenvalue weighted by atomic mass is 35.5. The first-order valence-electron chi connectivity index (χ1n) is 6.34. The van der Waals surface area contributed by atoms with E-state index in [-0.39, 0.29) is 18.3 Å². The van der Waals surface area contributed by atoms with E-state index in [0.717, 1.165) is 32.2 Å². The second kappa shape index (κ2) is 4.90. The van der Waals surface area contributed by atoms with Crippen molar-refractivity contribution < 1.29 is 4.79 Å². The van der Waals surface area contributed by atoms with Crippen LogP contribution in [-0.2, 0) is 11.2 Å². The fraction of sp³-hybridized carbons (Fsp3) is 0.500. The number of fused-ring (bicyclic) bond motifs is 1. The van der Waals surface area contributed by atoms with Crippen molar-refractivity contribution in [3.05, 3.63) is 35.4 Å². The molecule has 0 radical (unpaired) electrons. The fourth-order valence-electron chi connectivity index (χ4n) is 2.61. The van der Waals surface area contributed by atoms with Gasteiger partial charge in [0.2, 0.25) is 5.91 Å². The van der Waals surface area contributed by atoms with Crippen LogP contribution < -0.4 is 11.1 Å². The van der Waals surface area contributed by atoms with Crippen molar-refractivity contribution in [3.8, 4) is 0 Å². The summed E-state index contributed by atoms with van der Waals surface area (Å²) in [6.45, 7) is 0.731. The maximum atomic E-state index is 11.8. The topological polar surface area (TPSA) is 55.1 Å². The number of halogens is 1. The van der Waals surface area contributed by atoms with Gasteiger partial charge in [0, 0.05) is 12.5 Å². The summed E-state index contributed by atoms with van der Waals surface area (Å²) in [6, 6.07) is 8.51. The van der Waals surface area contributed by atoms with Gasteiger partial charge in [0.05, 0.1) is 5.54 Å². The van der Waals surface area contributed by atoms with Gasteiger partial charge in [-0.25, -0.2) is 0 Å². The van der Waals surface area contributed by atoms with E-state index in [2.05, 4.69) is 29.6 Å². The van der Waals surface area contributed by atoms with Gasteiger partial charge in [0.1, 0.15) is 0 Å². The molecule has 1 amide bonds. The van der Waals surface area contributed by atoms with E-state index in [1.54, 1.807) is 0 Å². The second-order valence-corrected chi connectivity index (χ2v) is 5.30. The van der Waals surface area contributed by atoms with E-state index in [9.17, 15) is 4.79 Å². The summed E-state index contributed by atoms with van der Waals surface area (Å²) in [6.07, 6.45) is 3.93. The van der Waals surface area contributed by atoms with Crippen molar-refractivity contribution >= 4 is 18.3 Å².